The highest BCUT2D eigenvalue weighted by atomic mass is 16.6. The highest BCUT2D eigenvalue weighted by molar-refractivity contribution is 5.73. The molecule has 12 nitrogen and oxygen atoms in total. The third-order valence-electron chi connectivity index (χ3n) is 10.1. The van der Waals surface area contributed by atoms with E-state index in [4.69, 9.17) is 18.9 Å². The molecular weight excluding hydrogens is 684 g/mol. The summed E-state index contributed by atoms with van der Waals surface area (Å²) in [4.78, 5) is 49.1. The first-order valence-electron chi connectivity index (χ1n) is 19.6. The molecule has 0 amide bonds. The molecule has 4 N–H and O–H groups in total. The van der Waals surface area contributed by atoms with E-state index in [2.05, 4.69) is 6.08 Å². The SMILES string of the molecule is CCC[C@H](C/C(C)=C/[C@@H](O)[C@@H](C)[C@@H]1C[C@H](O)CCC/C=C(/C)CC[C@H](O)C[C@@H](OC(C)=O)C[C@@H](OC(C)=O)CC[C@@H](C)[C@H](O)[C@H](C)C(=O)O1)OC(C)=O. The van der Waals surface area contributed by atoms with Gasteiger partial charge in [0.25, 0.3) is 0 Å². The third-order valence-corrected chi connectivity index (χ3v) is 10.1. The summed E-state index contributed by atoms with van der Waals surface area (Å²) in [6, 6.07) is 0. The number of ether oxygens (including phenoxy) is 4. The van der Waals surface area contributed by atoms with Crippen LogP contribution in [0.15, 0.2) is 23.3 Å². The fraction of sp³-hybridized carbons (Fsp3) is 0.805. The number of cyclic esters (lactones) is 1. The highest BCUT2D eigenvalue weighted by Gasteiger charge is 2.35. The molecule has 0 spiro atoms. The zero-order valence-corrected chi connectivity index (χ0v) is 33.8. The molecule has 1 aliphatic heterocycles. The minimum absolute atomic E-state index is 0.0869. The predicted octanol–water partition coefficient (Wildman–Crippen LogP) is 6.04. The quantitative estimate of drug-likeness (QED) is 0.115. The molecule has 12 heteroatoms. The number of carbonyl (C=O) groups is 4. The van der Waals surface area contributed by atoms with Crippen molar-refractivity contribution in [3.8, 4) is 0 Å². The summed E-state index contributed by atoms with van der Waals surface area (Å²) in [5, 5.41) is 44.5. The average Bonchev–Trinajstić information content (AvgIpc) is 3.05. The third kappa shape index (κ3) is 20.5. The Bertz CT molecular complexity index is 1180. The summed E-state index contributed by atoms with van der Waals surface area (Å²) in [6.45, 7) is 14.9. The number of allylic oxidation sites excluding steroid dienone is 2. The fourth-order valence-electron chi connectivity index (χ4n) is 6.91. The lowest BCUT2D eigenvalue weighted by molar-refractivity contribution is -0.164. The van der Waals surface area contributed by atoms with Crippen molar-refractivity contribution < 1.29 is 58.6 Å². The van der Waals surface area contributed by atoms with Crippen LogP contribution in [0.5, 0.6) is 0 Å². The van der Waals surface area contributed by atoms with Gasteiger partial charge >= 0.3 is 23.9 Å². The molecule has 11 atom stereocenters. The van der Waals surface area contributed by atoms with Crippen LogP contribution in [0.4, 0.5) is 0 Å². The molecule has 1 heterocycles. The van der Waals surface area contributed by atoms with Crippen LogP contribution >= 0.6 is 0 Å². The Balaban J connectivity index is 3.33. The first-order valence-corrected chi connectivity index (χ1v) is 19.6. The molecule has 0 aliphatic carbocycles. The number of hydrogen-bond acceptors (Lipinski definition) is 12. The molecule has 0 saturated heterocycles. The molecule has 0 unspecified atom stereocenters. The number of aliphatic hydroxyl groups excluding tert-OH is 4. The van der Waals surface area contributed by atoms with Crippen LogP contribution in [0.1, 0.15) is 146 Å². The van der Waals surface area contributed by atoms with E-state index in [1.54, 1.807) is 26.8 Å². The van der Waals surface area contributed by atoms with Gasteiger partial charge in [0.05, 0.1) is 30.3 Å². The first-order chi connectivity index (χ1) is 24.8. The lowest BCUT2D eigenvalue weighted by Gasteiger charge is -2.31. The van der Waals surface area contributed by atoms with Crippen LogP contribution in [0, 0.1) is 17.8 Å². The smallest absolute Gasteiger partial charge is 0.311 e. The normalized spacial score (nSPS) is 30.8. The van der Waals surface area contributed by atoms with Gasteiger partial charge in [0.2, 0.25) is 0 Å². The standard InChI is InChI=1S/C41H70O12/c1-10-13-35(50-30(7)42)20-26(3)21-38(47)28(5)39-23-33(45)15-12-11-14-25(2)16-18-34(46)22-37(52-32(9)44)24-36(51-31(8)43)19-17-27(4)40(48)29(6)41(49)53-39/h14,21,27-29,33-40,45-48H,10-13,15-20,22-24H2,1-9H3/b25-14-,26-21+/t27-,28-,29+,33-,34+,35-,36+,37-,38-,39+,40+/m1/s1. The molecule has 0 fully saturated rings. The van der Waals surface area contributed by atoms with Crippen LogP contribution in [0.2, 0.25) is 0 Å². The molecule has 0 saturated carbocycles. The highest BCUT2D eigenvalue weighted by Crippen LogP contribution is 2.28. The zero-order valence-electron chi connectivity index (χ0n) is 33.8. The van der Waals surface area contributed by atoms with Crippen molar-refractivity contribution in [3.05, 3.63) is 23.3 Å². The van der Waals surface area contributed by atoms with E-state index in [1.165, 1.54) is 20.8 Å². The molecule has 0 aromatic carbocycles. The van der Waals surface area contributed by atoms with E-state index < -0.39 is 78.4 Å². The molecule has 53 heavy (non-hydrogen) atoms. The Morgan fingerprint density at radius 2 is 1.53 bits per heavy atom. The van der Waals surface area contributed by atoms with Crippen LogP contribution in [-0.2, 0) is 38.1 Å². The summed E-state index contributed by atoms with van der Waals surface area (Å²) < 4.78 is 22.5. The second kappa shape index (κ2) is 25.3. The lowest BCUT2D eigenvalue weighted by Crippen LogP contribution is -2.40. The molecular formula is C41H70O12. The molecule has 306 valence electrons. The number of hydrogen-bond donors (Lipinski definition) is 4. The van der Waals surface area contributed by atoms with E-state index in [0.29, 0.717) is 57.8 Å². The van der Waals surface area contributed by atoms with Gasteiger partial charge < -0.3 is 39.4 Å². The van der Waals surface area contributed by atoms with Crippen LogP contribution in [0.25, 0.3) is 0 Å². The van der Waals surface area contributed by atoms with Gasteiger partial charge in [-0.3, -0.25) is 19.2 Å². The largest absolute Gasteiger partial charge is 0.462 e. The second-order valence-electron chi connectivity index (χ2n) is 15.4. The number of aliphatic hydroxyl groups is 4. The summed E-state index contributed by atoms with van der Waals surface area (Å²) in [6.07, 6.45) is 3.38. The summed E-state index contributed by atoms with van der Waals surface area (Å²) in [5.41, 5.74) is 1.89. The van der Waals surface area contributed by atoms with Crippen molar-refractivity contribution in [2.75, 3.05) is 0 Å². The predicted molar refractivity (Wildman–Crippen MR) is 201 cm³/mol. The number of rotatable bonds is 10. The van der Waals surface area contributed by atoms with E-state index in [-0.39, 0.29) is 31.3 Å². The number of esters is 4. The van der Waals surface area contributed by atoms with Crippen molar-refractivity contribution in [2.45, 2.75) is 195 Å². The second-order valence-corrected chi connectivity index (χ2v) is 15.4. The Kier molecular flexibility index (Phi) is 23.0. The van der Waals surface area contributed by atoms with Gasteiger partial charge in [-0.2, -0.15) is 0 Å². The van der Waals surface area contributed by atoms with Gasteiger partial charge in [-0.1, -0.05) is 50.5 Å². The topological polar surface area (TPSA) is 186 Å². The average molecular weight is 755 g/mol. The van der Waals surface area contributed by atoms with Crippen molar-refractivity contribution in [1.29, 1.82) is 0 Å². The maximum Gasteiger partial charge on any atom is 0.311 e. The maximum atomic E-state index is 13.6. The maximum absolute atomic E-state index is 13.6. The Morgan fingerprint density at radius 3 is 2.13 bits per heavy atom. The van der Waals surface area contributed by atoms with E-state index in [1.807, 2.05) is 20.8 Å². The van der Waals surface area contributed by atoms with Crippen molar-refractivity contribution in [1.82, 2.24) is 0 Å². The van der Waals surface area contributed by atoms with Crippen LogP contribution < -0.4 is 0 Å². The van der Waals surface area contributed by atoms with Crippen molar-refractivity contribution in [2.24, 2.45) is 17.8 Å². The van der Waals surface area contributed by atoms with E-state index >= 15 is 0 Å². The van der Waals surface area contributed by atoms with Crippen molar-refractivity contribution in [3.63, 3.8) is 0 Å². The van der Waals surface area contributed by atoms with Gasteiger partial charge in [0.15, 0.2) is 0 Å². The molecule has 0 radical (unpaired) electrons. The minimum atomic E-state index is -1.12. The summed E-state index contributed by atoms with van der Waals surface area (Å²) >= 11 is 0. The monoisotopic (exact) mass is 754 g/mol. The van der Waals surface area contributed by atoms with E-state index in [0.717, 1.165) is 17.6 Å². The van der Waals surface area contributed by atoms with Crippen LogP contribution in [0.3, 0.4) is 0 Å². The minimum Gasteiger partial charge on any atom is -0.462 e. The number of carbonyl (C=O) groups excluding carboxylic acids is 4. The Morgan fingerprint density at radius 1 is 0.906 bits per heavy atom. The summed E-state index contributed by atoms with van der Waals surface area (Å²) in [5.74, 6) is -4.04. The Hall–Kier alpha value is -2.80. The first kappa shape index (κ1) is 48.2. The zero-order chi connectivity index (χ0) is 40.2. The molecule has 1 aliphatic rings. The van der Waals surface area contributed by atoms with Gasteiger partial charge in [-0.25, -0.2) is 0 Å². The molecule has 1 rings (SSSR count). The van der Waals surface area contributed by atoms with Crippen LogP contribution in [-0.4, -0.2) is 93.1 Å². The van der Waals surface area contributed by atoms with Gasteiger partial charge in [-0.05, 0) is 78.1 Å². The lowest BCUT2D eigenvalue weighted by atomic mass is 9.87. The van der Waals surface area contributed by atoms with Gasteiger partial charge in [0.1, 0.15) is 24.4 Å². The molecule has 0 bridgehead atoms. The van der Waals surface area contributed by atoms with Gasteiger partial charge in [0, 0.05) is 52.4 Å². The van der Waals surface area contributed by atoms with E-state index in [9.17, 15) is 39.6 Å². The fourth-order valence-corrected chi connectivity index (χ4v) is 6.91. The molecule has 0 aromatic heterocycles. The van der Waals surface area contributed by atoms with Gasteiger partial charge in [-0.15, -0.1) is 0 Å². The molecule has 0 aromatic rings. The van der Waals surface area contributed by atoms with Crippen molar-refractivity contribution >= 4 is 23.9 Å². The summed E-state index contributed by atoms with van der Waals surface area (Å²) in [7, 11) is 0. The Labute approximate surface area is 317 Å².